The van der Waals surface area contributed by atoms with Gasteiger partial charge in [-0.15, -0.1) is 0 Å². The minimum atomic E-state index is 0.0759. The Hall–Kier alpha value is -1.16. The molecule has 3 nitrogen and oxygen atoms in total. The lowest BCUT2D eigenvalue weighted by molar-refractivity contribution is -0.113. The summed E-state index contributed by atoms with van der Waals surface area (Å²) in [6.07, 6.45) is 5.74. The van der Waals surface area contributed by atoms with Gasteiger partial charge in [-0.2, -0.15) is 11.8 Å². The van der Waals surface area contributed by atoms with Crippen LogP contribution in [0.5, 0.6) is 0 Å². The molecule has 0 unspecified atom stereocenters. The lowest BCUT2D eigenvalue weighted by Crippen LogP contribution is -2.30. The summed E-state index contributed by atoms with van der Waals surface area (Å²) in [5.41, 5.74) is 2.10. The van der Waals surface area contributed by atoms with E-state index in [1.54, 1.807) is 11.8 Å². The molecule has 18 heavy (non-hydrogen) atoms. The summed E-state index contributed by atoms with van der Waals surface area (Å²) >= 11 is 1.54. The first-order valence-corrected chi connectivity index (χ1v) is 7.83. The maximum Gasteiger partial charge on any atom is 0.234 e. The van der Waals surface area contributed by atoms with Gasteiger partial charge in [-0.3, -0.25) is 4.79 Å². The minimum Gasteiger partial charge on any atom is -0.370 e. The summed E-state index contributed by atoms with van der Waals surface area (Å²) in [5, 5.41) is 3.01. The fourth-order valence-electron chi connectivity index (χ4n) is 2.31. The summed E-state index contributed by atoms with van der Waals surface area (Å²) in [4.78, 5) is 14.1. The molecule has 0 aliphatic carbocycles. The first-order chi connectivity index (χ1) is 8.81. The highest BCUT2D eigenvalue weighted by molar-refractivity contribution is 7.99. The van der Waals surface area contributed by atoms with E-state index in [9.17, 15) is 4.79 Å². The maximum absolute atomic E-state index is 11.7. The summed E-state index contributed by atoms with van der Waals surface area (Å²) in [6.45, 7) is 2.19. The van der Waals surface area contributed by atoms with Crippen LogP contribution in [0.4, 0.5) is 11.4 Å². The molecule has 1 fully saturated rings. The molecule has 1 aliphatic rings. The van der Waals surface area contributed by atoms with E-state index < -0.39 is 0 Å². The van der Waals surface area contributed by atoms with Crippen LogP contribution < -0.4 is 10.2 Å². The number of nitrogens with zero attached hydrogens (tertiary/aromatic N) is 1. The molecule has 1 amide bonds. The minimum absolute atomic E-state index is 0.0759. The van der Waals surface area contributed by atoms with Crippen molar-refractivity contribution in [3.05, 3.63) is 24.3 Å². The van der Waals surface area contributed by atoms with Gasteiger partial charge in [0.05, 0.1) is 17.1 Å². The quantitative estimate of drug-likeness (QED) is 0.907. The van der Waals surface area contributed by atoms with Crippen LogP contribution in [0, 0.1) is 0 Å². The van der Waals surface area contributed by atoms with E-state index in [4.69, 9.17) is 0 Å². The topological polar surface area (TPSA) is 32.3 Å². The van der Waals surface area contributed by atoms with Gasteiger partial charge in [0, 0.05) is 13.1 Å². The molecule has 0 spiro atoms. The first-order valence-electron chi connectivity index (χ1n) is 6.44. The molecule has 2 rings (SSSR count). The van der Waals surface area contributed by atoms with Crippen LogP contribution in [0.15, 0.2) is 24.3 Å². The van der Waals surface area contributed by atoms with Crippen LogP contribution >= 0.6 is 11.8 Å². The SMILES string of the molecule is CSCC(=O)Nc1ccccc1N1CCCCC1. The third-order valence-electron chi connectivity index (χ3n) is 3.15. The van der Waals surface area contributed by atoms with E-state index in [1.807, 2.05) is 24.5 Å². The van der Waals surface area contributed by atoms with Crippen LogP contribution in [-0.4, -0.2) is 31.0 Å². The Kier molecular flexibility index (Phi) is 4.93. The van der Waals surface area contributed by atoms with Crippen LogP contribution in [0.1, 0.15) is 19.3 Å². The van der Waals surface area contributed by atoms with Crippen molar-refractivity contribution < 1.29 is 4.79 Å². The summed E-state index contributed by atoms with van der Waals surface area (Å²) in [7, 11) is 0. The fraction of sp³-hybridized carbons (Fsp3) is 0.500. The fourth-order valence-corrected chi connectivity index (χ4v) is 2.64. The molecule has 1 saturated heterocycles. The van der Waals surface area contributed by atoms with Gasteiger partial charge < -0.3 is 10.2 Å². The Balaban J connectivity index is 2.11. The number of carbonyl (C=O) groups excluding carboxylic acids is 1. The number of thioether (sulfide) groups is 1. The van der Waals surface area contributed by atoms with Crippen LogP contribution in [-0.2, 0) is 4.79 Å². The summed E-state index contributed by atoms with van der Waals surface area (Å²) in [6, 6.07) is 8.10. The van der Waals surface area contributed by atoms with Gasteiger partial charge in [0.25, 0.3) is 0 Å². The Bertz CT molecular complexity index is 403. The molecule has 0 saturated carbocycles. The number of piperidine rings is 1. The Morgan fingerprint density at radius 1 is 1.28 bits per heavy atom. The molecule has 0 bridgehead atoms. The highest BCUT2D eigenvalue weighted by Crippen LogP contribution is 2.28. The molecular formula is C14H20N2OS. The second-order valence-corrected chi connectivity index (χ2v) is 5.41. The van der Waals surface area contributed by atoms with Crippen LogP contribution in [0.2, 0.25) is 0 Å². The average Bonchev–Trinajstić information content (AvgIpc) is 2.40. The zero-order chi connectivity index (χ0) is 12.8. The molecule has 1 aliphatic heterocycles. The first kappa shape index (κ1) is 13.3. The number of hydrogen-bond donors (Lipinski definition) is 1. The van der Waals surface area contributed by atoms with E-state index in [0.717, 1.165) is 24.5 Å². The number of amides is 1. The van der Waals surface area contributed by atoms with Gasteiger partial charge in [-0.25, -0.2) is 0 Å². The van der Waals surface area contributed by atoms with E-state index in [-0.39, 0.29) is 5.91 Å². The second-order valence-electron chi connectivity index (χ2n) is 4.55. The molecule has 98 valence electrons. The van der Waals surface area contributed by atoms with E-state index >= 15 is 0 Å². The van der Waals surface area contributed by atoms with Gasteiger partial charge >= 0.3 is 0 Å². The zero-order valence-corrected chi connectivity index (χ0v) is 11.6. The molecule has 1 aromatic carbocycles. The van der Waals surface area contributed by atoms with E-state index in [0.29, 0.717) is 5.75 Å². The molecule has 1 aromatic rings. The molecule has 1 heterocycles. The lowest BCUT2D eigenvalue weighted by Gasteiger charge is -2.30. The van der Waals surface area contributed by atoms with Crippen molar-refractivity contribution in [2.45, 2.75) is 19.3 Å². The zero-order valence-electron chi connectivity index (χ0n) is 10.8. The Labute approximate surface area is 113 Å². The van der Waals surface area contributed by atoms with E-state index in [1.165, 1.54) is 19.3 Å². The predicted octanol–water partition coefficient (Wildman–Crippen LogP) is 2.98. The van der Waals surface area contributed by atoms with Gasteiger partial charge in [-0.05, 0) is 37.7 Å². The van der Waals surface area contributed by atoms with Crippen LogP contribution in [0.25, 0.3) is 0 Å². The van der Waals surface area contributed by atoms with E-state index in [2.05, 4.69) is 16.3 Å². The highest BCUT2D eigenvalue weighted by Gasteiger charge is 2.14. The monoisotopic (exact) mass is 264 g/mol. The third kappa shape index (κ3) is 3.42. The summed E-state index contributed by atoms with van der Waals surface area (Å²) in [5.74, 6) is 0.584. The predicted molar refractivity (Wildman–Crippen MR) is 79.5 cm³/mol. The summed E-state index contributed by atoms with van der Waals surface area (Å²) < 4.78 is 0. The molecular weight excluding hydrogens is 244 g/mol. The smallest absolute Gasteiger partial charge is 0.234 e. The highest BCUT2D eigenvalue weighted by atomic mass is 32.2. The van der Waals surface area contributed by atoms with Crippen molar-refractivity contribution >= 4 is 29.0 Å². The van der Waals surface area contributed by atoms with Crippen LogP contribution in [0.3, 0.4) is 0 Å². The van der Waals surface area contributed by atoms with Crippen molar-refractivity contribution in [1.29, 1.82) is 0 Å². The number of benzene rings is 1. The van der Waals surface area contributed by atoms with Crippen molar-refractivity contribution in [2.24, 2.45) is 0 Å². The van der Waals surface area contributed by atoms with Crippen molar-refractivity contribution in [1.82, 2.24) is 0 Å². The van der Waals surface area contributed by atoms with Crippen molar-refractivity contribution in [3.63, 3.8) is 0 Å². The number of carbonyl (C=O) groups is 1. The molecule has 0 aromatic heterocycles. The number of nitrogens with one attached hydrogen (secondary N) is 1. The van der Waals surface area contributed by atoms with Crippen molar-refractivity contribution in [3.8, 4) is 0 Å². The van der Waals surface area contributed by atoms with Gasteiger partial charge in [0.2, 0.25) is 5.91 Å². The lowest BCUT2D eigenvalue weighted by atomic mass is 10.1. The molecule has 0 atom stereocenters. The Morgan fingerprint density at radius 3 is 2.72 bits per heavy atom. The number of rotatable bonds is 4. The van der Waals surface area contributed by atoms with Gasteiger partial charge in [-0.1, -0.05) is 12.1 Å². The number of anilines is 2. The standard InChI is InChI=1S/C14H20N2OS/c1-18-11-14(17)15-12-7-3-4-8-13(12)16-9-5-2-6-10-16/h3-4,7-8H,2,5-6,9-11H2,1H3,(H,15,17). The van der Waals surface area contributed by atoms with Crippen molar-refractivity contribution in [2.75, 3.05) is 35.3 Å². The molecule has 1 N–H and O–H groups in total. The third-order valence-corrected chi connectivity index (χ3v) is 3.70. The maximum atomic E-state index is 11.7. The second kappa shape index (κ2) is 6.69. The van der Waals surface area contributed by atoms with Gasteiger partial charge in [0.1, 0.15) is 0 Å². The van der Waals surface area contributed by atoms with Gasteiger partial charge in [0.15, 0.2) is 0 Å². The molecule has 0 radical (unpaired) electrons. The number of para-hydroxylation sites is 2. The largest absolute Gasteiger partial charge is 0.370 e. The molecule has 4 heteroatoms. The normalized spacial score (nSPS) is 15.5. The average molecular weight is 264 g/mol. The number of hydrogen-bond acceptors (Lipinski definition) is 3. The Morgan fingerprint density at radius 2 is 2.00 bits per heavy atom.